The Kier molecular flexibility index (Phi) is 4.70. The summed E-state index contributed by atoms with van der Waals surface area (Å²) in [6.45, 7) is -0.510. The fourth-order valence-corrected chi connectivity index (χ4v) is 3.12. The van der Waals surface area contributed by atoms with Crippen LogP contribution in [0.2, 0.25) is 0 Å². The van der Waals surface area contributed by atoms with Crippen LogP contribution in [0.25, 0.3) is 5.69 Å². The summed E-state index contributed by atoms with van der Waals surface area (Å²) < 4.78 is 80.4. The highest BCUT2D eigenvalue weighted by Gasteiger charge is 2.21. The lowest BCUT2D eigenvalue weighted by Gasteiger charge is -2.08. The predicted octanol–water partition coefficient (Wildman–Crippen LogP) is 1.70. The van der Waals surface area contributed by atoms with Crippen molar-refractivity contribution in [1.29, 1.82) is 0 Å². The van der Waals surface area contributed by atoms with Crippen molar-refractivity contribution < 1.29 is 26.0 Å². The van der Waals surface area contributed by atoms with Gasteiger partial charge in [0, 0.05) is 6.07 Å². The van der Waals surface area contributed by atoms with Gasteiger partial charge >= 0.3 is 0 Å². The fraction of sp³-hybridized carbons (Fsp3) is 0.0714. The lowest BCUT2D eigenvalue weighted by Crippen LogP contribution is -2.26. The predicted molar refractivity (Wildman–Crippen MR) is 79.5 cm³/mol. The molecule has 0 amide bonds. The van der Waals surface area contributed by atoms with Gasteiger partial charge in [-0.3, -0.25) is 0 Å². The molecule has 0 aliphatic carbocycles. The highest BCUT2D eigenvalue weighted by molar-refractivity contribution is 7.89. The van der Waals surface area contributed by atoms with E-state index in [0.717, 1.165) is 22.9 Å². The van der Waals surface area contributed by atoms with Crippen LogP contribution in [-0.2, 0) is 16.6 Å². The molecule has 0 saturated carbocycles. The zero-order valence-electron chi connectivity index (χ0n) is 12.7. The number of tetrazole rings is 1. The Morgan fingerprint density at radius 2 is 1.69 bits per heavy atom. The molecule has 0 spiro atoms. The van der Waals surface area contributed by atoms with Crippen molar-refractivity contribution in [2.75, 3.05) is 0 Å². The largest absolute Gasteiger partial charge is 0.244 e. The number of sulfonamides is 1. The van der Waals surface area contributed by atoms with E-state index in [0.29, 0.717) is 12.1 Å². The molecule has 3 aromatic rings. The Hall–Kier alpha value is -2.86. The fourth-order valence-electron chi connectivity index (χ4n) is 2.05. The minimum Gasteiger partial charge on any atom is -0.207 e. The number of halogens is 4. The number of hydrogen-bond acceptors (Lipinski definition) is 5. The Labute approximate surface area is 144 Å². The minimum absolute atomic E-state index is 0.0417. The molecule has 0 aliphatic rings. The summed E-state index contributed by atoms with van der Waals surface area (Å²) in [5, 5.41) is 10.5. The molecular formula is C14H9F4N5O2S. The number of aromatic nitrogens is 4. The molecule has 2 aromatic carbocycles. The van der Waals surface area contributed by atoms with Crippen LogP contribution in [-0.4, -0.2) is 28.6 Å². The molecule has 136 valence electrons. The van der Waals surface area contributed by atoms with Crippen molar-refractivity contribution in [3.63, 3.8) is 0 Å². The molecule has 0 radical (unpaired) electrons. The zero-order chi connectivity index (χ0) is 18.9. The van der Waals surface area contributed by atoms with E-state index in [2.05, 4.69) is 15.5 Å². The summed E-state index contributed by atoms with van der Waals surface area (Å²) in [7, 11) is -4.41. The Morgan fingerprint density at radius 3 is 2.42 bits per heavy atom. The monoisotopic (exact) mass is 387 g/mol. The summed E-state index contributed by atoms with van der Waals surface area (Å²) in [5.41, 5.74) is 0.0417. The molecule has 1 heterocycles. The minimum atomic E-state index is -4.41. The molecular weight excluding hydrogens is 378 g/mol. The van der Waals surface area contributed by atoms with Gasteiger partial charge < -0.3 is 0 Å². The van der Waals surface area contributed by atoms with E-state index in [-0.39, 0.29) is 11.5 Å². The summed E-state index contributed by atoms with van der Waals surface area (Å²) >= 11 is 0. The van der Waals surface area contributed by atoms with Gasteiger partial charge in [-0.2, -0.15) is 4.68 Å². The molecule has 7 nitrogen and oxygen atoms in total. The van der Waals surface area contributed by atoms with Gasteiger partial charge in [0.2, 0.25) is 10.0 Å². The van der Waals surface area contributed by atoms with E-state index in [4.69, 9.17) is 0 Å². The third kappa shape index (κ3) is 3.55. The lowest BCUT2D eigenvalue weighted by atomic mass is 10.3. The van der Waals surface area contributed by atoms with Crippen molar-refractivity contribution in [3.8, 4) is 5.69 Å². The Bertz CT molecular complexity index is 1070. The first kappa shape index (κ1) is 17.9. The Morgan fingerprint density at radius 1 is 0.962 bits per heavy atom. The second-order valence-corrected chi connectivity index (χ2v) is 6.74. The maximum atomic E-state index is 13.6. The zero-order valence-corrected chi connectivity index (χ0v) is 13.5. The van der Waals surface area contributed by atoms with Crippen LogP contribution in [0.5, 0.6) is 0 Å². The molecule has 1 aromatic heterocycles. The number of nitrogens with zero attached hydrogens (tertiary/aromatic N) is 4. The van der Waals surface area contributed by atoms with Crippen molar-refractivity contribution in [1.82, 2.24) is 24.9 Å². The van der Waals surface area contributed by atoms with Gasteiger partial charge in [0.05, 0.1) is 12.2 Å². The van der Waals surface area contributed by atoms with Crippen LogP contribution < -0.4 is 4.72 Å². The second-order valence-electron chi connectivity index (χ2n) is 5.00. The molecule has 0 bridgehead atoms. The third-order valence-electron chi connectivity index (χ3n) is 3.28. The van der Waals surface area contributed by atoms with E-state index in [1.807, 2.05) is 4.72 Å². The van der Waals surface area contributed by atoms with Crippen LogP contribution in [0.1, 0.15) is 5.82 Å². The maximum Gasteiger partial charge on any atom is 0.244 e. The van der Waals surface area contributed by atoms with Crippen LogP contribution in [0.4, 0.5) is 17.6 Å². The van der Waals surface area contributed by atoms with E-state index >= 15 is 0 Å². The molecule has 3 rings (SSSR count). The van der Waals surface area contributed by atoms with Gasteiger partial charge in [-0.25, -0.2) is 30.7 Å². The third-order valence-corrected chi connectivity index (χ3v) is 4.70. The quantitative estimate of drug-likeness (QED) is 0.673. The van der Waals surface area contributed by atoms with Crippen molar-refractivity contribution >= 4 is 10.0 Å². The first-order chi connectivity index (χ1) is 12.3. The van der Waals surface area contributed by atoms with Gasteiger partial charge in [0.25, 0.3) is 0 Å². The second kappa shape index (κ2) is 6.80. The van der Waals surface area contributed by atoms with Crippen LogP contribution in [0.15, 0.2) is 41.3 Å². The van der Waals surface area contributed by atoms with Crippen molar-refractivity contribution in [3.05, 3.63) is 65.5 Å². The van der Waals surface area contributed by atoms with Gasteiger partial charge in [-0.15, -0.1) is 5.10 Å². The van der Waals surface area contributed by atoms with E-state index in [9.17, 15) is 26.0 Å². The molecule has 0 atom stereocenters. The normalized spacial score (nSPS) is 11.7. The van der Waals surface area contributed by atoms with Crippen LogP contribution >= 0.6 is 0 Å². The van der Waals surface area contributed by atoms with Crippen LogP contribution in [0, 0.1) is 23.3 Å². The summed E-state index contributed by atoms with van der Waals surface area (Å²) in [6.07, 6.45) is 0. The first-order valence-electron chi connectivity index (χ1n) is 6.95. The number of nitrogens with one attached hydrogen (secondary N) is 1. The summed E-state index contributed by atoms with van der Waals surface area (Å²) in [5.74, 6) is -4.38. The average Bonchev–Trinajstić information content (AvgIpc) is 3.06. The van der Waals surface area contributed by atoms with Gasteiger partial charge in [-0.05, 0) is 40.8 Å². The van der Waals surface area contributed by atoms with E-state index in [1.165, 1.54) is 6.07 Å². The van der Waals surface area contributed by atoms with Gasteiger partial charge in [-0.1, -0.05) is 0 Å². The first-order valence-corrected chi connectivity index (χ1v) is 8.43. The number of hydrogen-bond donors (Lipinski definition) is 1. The summed E-state index contributed by atoms with van der Waals surface area (Å²) in [6, 6.07) is 4.82. The molecule has 26 heavy (non-hydrogen) atoms. The van der Waals surface area contributed by atoms with Gasteiger partial charge in [0.15, 0.2) is 17.5 Å². The van der Waals surface area contributed by atoms with E-state index in [1.54, 1.807) is 0 Å². The molecule has 0 unspecified atom stereocenters. The molecule has 0 fully saturated rings. The number of benzene rings is 2. The smallest absolute Gasteiger partial charge is 0.207 e. The van der Waals surface area contributed by atoms with Crippen molar-refractivity contribution in [2.24, 2.45) is 0 Å². The maximum absolute atomic E-state index is 13.6. The standard InChI is InChI=1S/C14H9F4N5O2S/c15-8-1-3-11(17)13(5-8)26(24,25)19-7-14-20-21-22-23(14)9-2-4-10(16)12(18)6-9/h1-6,19H,7H2. The topological polar surface area (TPSA) is 89.8 Å². The van der Waals surface area contributed by atoms with E-state index < -0.39 is 44.7 Å². The molecule has 0 saturated heterocycles. The molecule has 0 aliphatic heterocycles. The average molecular weight is 387 g/mol. The highest BCUT2D eigenvalue weighted by Crippen LogP contribution is 2.17. The van der Waals surface area contributed by atoms with Crippen LogP contribution in [0.3, 0.4) is 0 Å². The van der Waals surface area contributed by atoms with Crippen molar-refractivity contribution in [2.45, 2.75) is 11.4 Å². The Balaban J connectivity index is 1.86. The summed E-state index contributed by atoms with van der Waals surface area (Å²) in [4.78, 5) is -0.885. The molecule has 12 heteroatoms. The lowest BCUT2D eigenvalue weighted by molar-refractivity contribution is 0.507. The SMILES string of the molecule is O=S(=O)(NCc1nnnn1-c1ccc(F)c(F)c1)c1cc(F)ccc1F. The number of rotatable bonds is 5. The van der Waals surface area contributed by atoms with Gasteiger partial charge in [0.1, 0.15) is 16.5 Å². The highest BCUT2D eigenvalue weighted by atomic mass is 32.2. The molecule has 1 N–H and O–H groups in total.